The highest BCUT2D eigenvalue weighted by Gasteiger charge is 2.17. The van der Waals surface area contributed by atoms with Crippen LogP contribution >= 0.6 is 15.9 Å². The van der Waals surface area contributed by atoms with Gasteiger partial charge in [-0.1, -0.05) is 0 Å². The average Bonchev–Trinajstić information content (AvgIpc) is 2.19. The van der Waals surface area contributed by atoms with Crippen LogP contribution in [0.25, 0.3) is 0 Å². The number of rotatable bonds is 1. The lowest BCUT2D eigenvalue weighted by atomic mass is 10.2. The van der Waals surface area contributed by atoms with E-state index in [0.29, 0.717) is 6.04 Å². The van der Waals surface area contributed by atoms with Crippen LogP contribution in [0.1, 0.15) is 6.92 Å². The first-order chi connectivity index (χ1) is 6.75. The Bertz CT molecular complexity index is 300. The van der Waals surface area contributed by atoms with Crippen molar-refractivity contribution in [1.29, 1.82) is 0 Å². The van der Waals surface area contributed by atoms with Gasteiger partial charge in [0.1, 0.15) is 0 Å². The molecule has 0 aromatic carbocycles. The standard InChI is InChI=1S/C9H13BrN4/c1-7-6-14(3-2-11-7)9-12-4-8(10)5-13-9/h4-5,7,11H,2-3,6H2,1H3/t7-/m1/s1. The molecular weight excluding hydrogens is 244 g/mol. The zero-order chi connectivity index (χ0) is 9.97. The zero-order valence-corrected chi connectivity index (χ0v) is 9.66. The van der Waals surface area contributed by atoms with E-state index in [1.54, 1.807) is 12.4 Å². The molecule has 4 nitrogen and oxygen atoms in total. The smallest absolute Gasteiger partial charge is 0.225 e. The third kappa shape index (κ3) is 2.22. The van der Waals surface area contributed by atoms with Gasteiger partial charge in [-0.2, -0.15) is 0 Å². The van der Waals surface area contributed by atoms with Crippen LogP contribution in [0.15, 0.2) is 16.9 Å². The van der Waals surface area contributed by atoms with Crippen molar-refractivity contribution in [3.63, 3.8) is 0 Å². The zero-order valence-electron chi connectivity index (χ0n) is 8.07. The minimum Gasteiger partial charge on any atom is -0.338 e. The number of hydrogen-bond donors (Lipinski definition) is 1. The van der Waals surface area contributed by atoms with Gasteiger partial charge in [0.15, 0.2) is 0 Å². The summed E-state index contributed by atoms with van der Waals surface area (Å²) in [5.74, 6) is 0.821. The Hall–Kier alpha value is -0.680. The first kappa shape index (κ1) is 9.86. The van der Waals surface area contributed by atoms with Crippen molar-refractivity contribution in [2.75, 3.05) is 24.5 Å². The number of anilines is 1. The normalized spacial score (nSPS) is 22.4. The molecule has 0 bridgehead atoms. The van der Waals surface area contributed by atoms with Crippen LogP contribution in [0.5, 0.6) is 0 Å². The van der Waals surface area contributed by atoms with E-state index in [9.17, 15) is 0 Å². The van der Waals surface area contributed by atoms with Gasteiger partial charge in [0.2, 0.25) is 5.95 Å². The van der Waals surface area contributed by atoms with E-state index in [1.165, 1.54) is 0 Å². The van der Waals surface area contributed by atoms with Crippen molar-refractivity contribution in [3.05, 3.63) is 16.9 Å². The molecule has 0 unspecified atom stereocenters. The van der Waals surface area contributed by atoms with Gasteiger partial charge < -0.3 is 10.2 Å². The number of nitrogens with zero attached hydrogens (tertiary/aromatic N) is 3. The predicted octanol–water partition coefficient (Wildman–Crippen LogP) is 1.04. The van der Waals surface area contributed by atoms with Crippen LogP contribution < -0.4 is 10.2 Å². The maximum atomic E-state index is 4.28. The molecule has 0 amide bonds. The molecule has 2 rings (SSSR count). The Kier molecular flexibility index (Phi) is 2.98. The Morgan fingerprint density at radius 3 is 2.86 bits per heavy atom. The Morgan fingerprint density at radius 2 is 2.21 bits per heavy atom. The third-order valence-corrected chi connectivity index (χ3v) is 2.67. The molecule has 1 aromatic rings. The van der Waals surface area contributed by atoms with Crippen LogP contribution in [0.2, 0.25) is 0 Å². The molecule has 0 saturated carbocycles. The van der Waals surface area contributed by atoms with Gasteiger partial charge in [0.05, 0.1) is 4.47 Å². The molecule has 0 spiro atoms. The van der Waals surface area contributed by atoms with Crippen LogP contribution in [0.4, 0.5) is 5.95 Å². The average molecular weight is 257 g/mol. The highest BCUT2D eigenvalue weighted by molar-refractivity contribution is 9.10. The number of hydrogen-bond acceptors (Lipinski definition) is 4. The van der Waals surface area contributed by atoms with E-state index >= 15 is 0 Å². The molecule has 14 heavy (non-hydrogen) atoms. The summed E-state index contributed by atoms with van der Waals surface area (Å²) in [6, 6.07) is 0.510. The van der Waals surface area contributed by atoms with E-state index in [0.717, 1.165) is 30.1 Å². The SMILES string of the molecule is C[C@@H]1CN(c2ncc(Br)cn2)CCN1. The molecule has 1 atom stereocenters. The highest BCUT2D eigenvalue weighted by atomic mass is 79.9. The van der Waals surface area contributed by atoms with Gasteiger partial charge in [-0.25, -0.2) is 9.97 Å². The fourth-order valence-electron chi connectivity index (χ4n) is 1.58. The molecule has 5 heteroatoms. The molecule has 76 valence electrons. The molecule has 0 radical (unpaired) electrons. The molecular formula is C9H13BrN4. The van der Waals surface area contributed by atoms with Crippen molar-refractivity contribution in [1.82, 2.24) is 15.3 Å². The van der Waals surface area contributed by atoms with Crippen LogP contribution in [-0.2, 0) is 0 Å². The van der Waals surface area contributed by atoms with Gasteiger partial charge >= 0.3 is 0 Å². The van der Waals surface area contributed by atoms with Crippen LogP contribution in [0.3, 0.4) is 0 Å². The van der Waals surface area contributed by atoms with E-state index in [1.807, 2.05) is 0 Å². The van der Waals surface area contributed by atoms with Crippen molar-refractivity contribution in [2.45, 2.75) is 13.0 Å². The summed E-state index contributed by atoms with van der Waals surface area (Å²) in [6.45, 7) is 5.12. The van der Waals surface area contributed by atoms with Crippen LogP contribution in [-0.4, -0.2) is 35.6 Å². The predicted molar refractivity (Wildman–Crippen MR) is 59.4 cm³/mol. The maximum Gasteiger partial charge on any atom is 0.225 e. The van der Waals surface area contributed by atoms with Gasteiger partial charge in [-0.05, 0) is 22.9 Å². The fourth-order valence-corrected chi connectivity index (χ4v) is 1.79. The lowest BCUT2D eigenvalue weighted by molar-refractivity contribution is 0.479. The molecule has 1 N–H and O–H groups in total. The van der Waals surface area contributed by atoms with Crippen molar-refractivity contribution in [2.24, 2.45) is 0 Å². The molecule has 2 heterocycles. The summed E-state index contributed by atoms with van der Waals surface area (Å²) in [4.78, 5) is 10.8. The summed E-state index contributed by atoms with van der Waals surface area (Å²) in [6.07, 6.45) is 3.57. The summed E-state index contributed by atoms with van der Waals surface area (Å²) >= 11 is 3.33. The van der Waals surface area contributed by atoms with Crippen molar-refractivity contribution >= 4 is 21.9 Å². The van der Waals surface area contributed by atoms with Gasteiger partial charge in [-0.3, -0.25) is 0 Å². The molecule has 1 aliphatic rings. The highest BCUT2D eigenvalue weighted by Crippen LogP contribution is 2.12. The van der Waals surface area contributed by atoms with Gasteiger partial charge in [0, 0.05) is 38.1 Å². The Balaban J connectivity index is 2.10. The number of halogens is 1. The lowest BCUT2D eigenvalue weighted by Crippen LogP contribution is -2.49. The van der Waals surface area contributed by atoms with Crippen molar-refractivity contribution < 1.29 is 0 Å². The monoisotopic (exact) mass is 256 g/mol. The first-order valence-electron chi connectivity index (χ1n) is 4.71. The fraction of sp³-hybridized carbons (Fsp3) is 0.556. The lowest BCUT2D eigenvalue weighted by Gasteiger charge is -2.31. The third-order valence-electron chi connectivity index (χ3n) is 2.26. The largest absolute Gasteiger partial charge is 0.338 e. The molecule has 1 saturated heterocycles. The molecule has 1 fully saturated rings. The summed E-state index contributed by atoms with van der Waals surface area (Å²) in [5.41, 5.74) is 0. The summed E-state index contributed by atoms with van der Waals surface area (Å²) in [5, 5.41) is 3.39. The topological polar surface area (TPSA) is 41.1 Å². The molecule has 1 aliphatic heterocycles. The molecule has 1 aromatic heterocycles. The van der Waals surface area contributed by atoms with E-state index in [2.05, 4.69) is 43.0 Å². The second kappa shape index (κ2) is 4.23. The van der Waals surface area contributed by atoms with Gasteiger partial charge in [-0.15, -0.1) is 0 Å². The minimum atomic E-state index is 0.510. The molecule has 0 aliphatic carbocycles. The number of nitrogens with one attached hydrogen (secondary N) is 1. The number of piperazine rings is 1. The quantitative estimate of drug-likeness (QED) is 0.816. The van der Waals surface area contributed by atoms with E-state index in [-0.39, 0.29) is 0 Å². The summed E-state index contributed by atoms with van der Waals surface area (Å²) < 4.78 is 0.921. The summed E-state index contributed by atoms with van der Waals surface area (Å²) in [7, 11) is 0. The first-order valence-corrected chi connectivity index (χ1v) is 5.51. The second-order valence-electron chi connectivity index (χ2n) is 3.50. The van der Waals surface area contributed by atoms with Gasteiger partial charge in [0.25, 0.3) is 0 Å². The minimum absolute atomic E-state index is 0.510. The van der Waals surface area contributed by atoms with E-state index < -0.39 is 0 Å². The van der Waals surface area contributed by atoms with E-state index in [4.69, 9.17) is 0 Å². The van der Waals surface area contributed by atoms with Crippen LogP contribution in [0, 0.1) is 0 Å². The maximum absolute atomic E-state index is 4.28. The Labute approximate surface area is 91.9 Å². The second-order valence-corrected chi connectivity index (χ2v) is 4.42. The Morgan fingerprint density at radius 1 is 1.50 bits per heavy atom. The number of aromatic nitrogens is 2. The van der Waals surface area contributed by atoms with Crippen molar-refractivity contribution in [3.8, 4) is 0 Å².